The van der Waals surface area contributed by atoms with E-state index in [1.807, 2.05) is 13.8 Å². The highest BCUT2D eigenvalue weighted by Crippen LogP contribution is 2.22. The molecule has 5 heteroatoms. The molecule has 0 bridgehead atoms. The SMILES string of the molecule is CC(C)(C#N)Cn1ncc(N)c1Cl. The van der Waals surface area contributed by atoms with E-state index < -0.39 is 5.41 Å². The van der Waals surface area contributed by atoms with Crippen molar-refractivity contribution < 1.29 is 0 Å². The van der Waals surface area contributed by atoms with Crippen LogP contribution in [0.3, 0.4) is 0 Å². The number of nitrogen functional groups attached to an aromatic ring is 1. The van der Waals surface area contributed by atoms with Crippen LogP contribution in [0.15, 0.2) is 6.20 Å². The highest BCUT2D eigenvalue weighted by atomic mass is 35.5. The maximum atomic E-state index is 8.79. The van der Waals surface area contributed by atoms with E-state index in [-0.39, 0.29) is 0 Å². The Kier molecular flexibility index (Phi) is 2.48. The lowest BCUT2D eigenvalue weighted by atomic mass is 9.96. The van der Waals surface area contributed by atoms with E-state index in [1.54, 1.807) is 0 Å². The summed E-state index contributed by atoms with van der Waals surface area (Å²) in [5.74, 6) is 0. The van der Waals surface area contributed by atoms with Crippen molar-refractivity contribution in [2.45, 2.75) is 20.4 Å². The van der Waals surface area contributed by atoms with Gasteiger partial charge in [-0.25, -0.2) is 0 Å². The van der Waals surface area contributed by atoms with Crippen molar-refractivity contribution in [3.05, 3.63) is 11.3 Å². The largest absolute Gasteiger partial charge is 0.395 e. The van der Waals surface area contributed by atoms with Gasteiger partial charge in [0.05, 0.1) is 29.9 Å². The minimum absolute atomic E-state index is 0.392. The number of aromatic nitrogens is 2. The monoisotopic (exact) mass is 198 g/mol. The molecule has 70 valence electrons. The number of nitrogens with two attached hydrogens (primary N) is 1. The van der Waals surface area contributed by atoms with Crippen molar-refractivity contribution in [2.24, 2.45) is 5.41 Å². The van der Waals surface area contributed by atoms with Crippen LogP contribution < -0.4 is 5.73 Å². The second-order valence-electron chi connectivity index (χ2n) is 3.54. The Morgan fingerprint density at radius 2 is 2.38 bits per heavy atom. The van der Waals surface area contributed by atoms with Gasteiger partial charge in [0, 0.05) is 0 Å². The number of rotatable bonds is 2. The lowest BCUT2D eigenvalue weighted by Gasteiger charge is -2.15. The molecule has 2 N–H and O–H groups in total. The van der Waals surface area contributed by atoms with Crippen molar-refractivity contribution in [2.75, 3.05) is 5.73 Å². The molecule has 0 unspecified atom stereocenters. The van der Waals surface area contributed by atoms with Crippen LogP contribution >= 0.6 is 11.6 Å². The van der Waals surface area contributed by atoms with Gasteiger partial charge in [-0.2, -0.15) is 10.4 Å². The summed E-state index contributed by atoms with van der Waals surface area (Å²) in [7, 11) is 0. The topological polar surface area (TPSA) is 67.6 Å². The number of halogens is 1. The zero-order valence-corrected chi connectivity index (χ0v) is 8.34. The highest BCUT2D eigenvalue weighted by molar-refractivity contribution is 6.31. The first-order valence-corrected chi connectivity index (χ1v) is 4.22. The molecule has 13 heavy (non-hydrogen) atoms. The van der Waals surface area contributed by atoms with Gasteiger partial charge in [-0.3, -0.25) is 4.68 Å². The van der Waals surface area contributed by atoms with E-state index in [0.717, 1.165) is 0 Å². The molecule has 0 aliphatic carbocycles. The summed E-state index contributed by atoms with van der Waals surface area (Å²) in [6.07, 6.45) is 1.48. The molecule has 0 spiro atoms. The molecule has 4 nitrogen and oxygen atoms in total. The molecule has 0 atom stereocenters. The van der Waals surface area contributed by atoms with Crippen molar-refractivity contribution >= 4 is 17.3 Å². The van der Waals surface area contributed by atoms with E-state index >= 15 is 0 Å². The molecule has 0 saturated heterocycles. The maximum Gasteiger partial charge on any atom is 0.150 e. The summed E-state index contributed by atoms with van der Waals surface area (Å²) in [5, 5.41) is 13.1. The number of nitriles is 1. The normalized spacial score (nSPS) is 11.2. The average molecular weight is 199 g/mol. The molecule has 0 amide bonds. The first-order chi connectivity index (χ1) is 5.96. The smallest absolute Gasteiger partial charge is 0.150 e. The molecule has 0 saturated carbocycles. The molecular formula is C8H11ClN4. The van der Waals surface area contributed by atoms with Gasteiger partial charge in [0.25, 0.3) is 0 Å². The molecule has 0 aliphatic heterocycles. The van der Waals surface area contributed by atoms with Gasteiger partial charge < -0.3 is 5.73 Å². The van der Waals surface area contributed by atoms with E-state index in [4.69, 9.17) is 22.6 Å². The lowest BCUT2D eigenvalue weighted by molar-refractivity contribution is 0.385. The zero-order chi connectivity index (χ0) is 10.1. The van der Waals surface area contributed by atoms with Crippen LogP contribution in [-0.4, -0.2) is 9.78 Å². The number of anilines is 1. The van der Waals surface area contributed by atoms with Crippen LogP contribution in [0.2, 0.25) is 5.15 Å². The Labute approximate surface area is 81.9 Å². The Hall–Kier alpha value is -1.21. The molecule has 1 rings (SSSR count). The van der Waals surface area contributed by atoms with Crippen LogP contribution in [0.1, 0.15) is 13.8 Å². The minimum atomic E-state index is -0.484. The number of hydrogen-bond donors (Lipinski definition) is 1. The number of nitrogens with zero attached hydrogens (tertiary/aromatic N) is 3. The van der Waals surface area contributed by atoms with Crippen molar-refractivity contribution in [1.29, 1.82) is 5.26 Å². The molecule has 1 aromatic heterocycles. The zero-order valence-electron chi connectivity index (χ0n) is 7.58. The Balaban J connectivity index is 2.88. The second-order valence-corrected chi connectivity index (χ2v) is 3.90. The van der Waals surface area contributed by atoms with Crippen LogP contribution in [0.4, 0.5) is 5.69 Å². The Bertz CT molecular complexity index is 348. The lowest BCUT2D eigenvalue weighted by Crippen LogP contribution is -2.18. The third-order valence-corrected chi connectivity index (χ3v) is 2.06. The average Bonchev–Trinajstić information content (AvgIpc) is 2.36. The van der Waals surface area contributed by atoms with E-state index in [1.165, 1.54) is 10.9 Å². The molecule has 0 radical (unpaired) electrons. The van der Waals surface area contributed by atoms with Gasteiger partial charge in [-0.1, -0.05) is 11.6 Å². The van der Waals surface area contributed by atoms with Crippen LogP contribution in [0, 0.1) is 16.7 Å². The summed E-state index contributed by atoms with van der Waals surface area (Å²) < 4.78 is 1.53. The predicted octanol–water partition coefficient (Wildman–Crippen LogP) is 1.67. The molecule has 1 aromatic rings. The molecular weight excluding hydrogens is 188 g/mol. The molecule has 0 aromatic carbocycles. The quantitative estimate of drug-likeness (QED) is 0.786. The van der Waals surface area contributed by atoms with Gasteiger partial charge in [-0.05, 0) is 13.8 Å². The van der Waals surface area contributed by atoms with Gasteiger partial charge in [0.2, 0.25) is 0 Å². The van der Waals surface area contributed by atoms with Crippen molar-refractivity contribution in [1.82, 2.24) is 9.78 Å². The Morgan fingerprint density at radius 1 is 1.77 bits per heavy atom. The summed E-state index contributed by atoms with van der Waals surface area (Å²) in [4.78, 5) is 0. The van der Waals surface area contributed by atoms with Gasteiger partial charge in [0.15, 0.2) is 0 Å². The van der Waals surface area contributed by atoms with Crippen molar-refractivity contribution in [3.8, 4) is 6.07 Å². The van der Waals surface area contributed by atoms with E-state index in [0.29, 0.717) is 17.4 Å². The van der Waals surface area contributed by atoms with Gasteiger partial charge >= 0.3 is 0 Å². The fourth-order valence-electron chi connectivity index (χ4n) is 0.905. The minimum Gasteiger partial charge on any atom is -0.395 e. The van der Waals surface area contributed by atoms with Crippen LogP contribution in [0.5, 0.6) is 0 Å². The molecule has 0 fully saturated rings. The fourth-order valence-corrected chi connectivity index (χ4v) is 1.06. The van der Waals surface area contributed by atoms with E-state index in [2.05, 4.69) is 11.2 Å². The fraction of sp³-hybridized carbons (Fsp3) is 0.500. The summed E-state index contributed by atoms with van der Waals surface area (Å²) in [5.41, 5.74) is 5.46. The van der Waals surface area contributed by atoms with Crippen LogP contribution in [0.25, 0.3) is 0 Å². The molecule has 1 heterocycles. The van der Waals surface area contributed by atoms with Crippen LogP contribution in [-0.2, 0) is 6.54 Å². The summed E-state index contributed by atoms with van der Waals surface area (Å²) in [6.45, 7) is 4.09. The maximum absolute atomic E-state index is 8.79. The summed E-state index contributed by atoms with van der Waals surface area (Å²) >= 11 is 5.84. The van der Waals surface area contributed by atoms with Gasteiger partial charge in [-0.15, -0.1) is 0 Å². The first kappa shape index (κ1) is 9.87. The third kappa shape index (κ3) is 2.13. The van der Waals surface area contributed by atoms with E-state index in [9.17, 15) is 0 Å². The highest BCUT2D eigenvalue weighted by Gasteiger charge is 2.19. The second kappa shape index (κ2) is 3.27. The van der Waals surface area contributed by atoms with Crippen molar-refractivity contribution in [3.63, 3.8) is 0 Å². The predicted molar refractivity (Wildman–Crippen MR) is 51.0 cm³/mol. The third-order valence-electron chi connectivity index (χ3n) is 1.65. The standard InChI is InChI=1S/C8H11ClN4/c1-8(2,4-10)5-13-7(9)6(11)3-12-13/h3H,5,11H2,1-2H3. The first-order valence-electron chi connectivity index (χ1n) is 3.84. The van der Waals surface area contributed by atoms with Gasteiger partial charge in [0.1, 0.15) is 5.15 Å². The molecule has 0 aliphatic rings. The number of hydrogen-bond acceptors (Lipinski definition) is 3. The summed E-state index contributed by atoms with van der Waals surface area (Å²) in [6, 6.07) is 2.17. The Morgan fingerprint density at radius 3 is 2.77 bits per heavy atom.